The quantitative estimate of drug-likeness (QED) is 0.376. The lowest BCUT2D eigenvalue weighted by Gasteiger charge is -2.10. The van der Waals surface area contributed by atoms with Crippen LogP contribution in [0.3, 0.4) is 0 Å². The Balaban J connectivity index is 1.34. The Bertz CT molecular complexity index is 859. The van der Waals surface area contributed by atoms with E-state index in [1.54, 1.807) is 24.3 Å². The van der Waals surface area contributed by atoms with E-state index in [2.05, 4.69) is 62.8 Å². The number of amides is 2. The van der Waals surface area contributed by atoms with E-state index in [9.17, 15) is 4.79 Å². The Labute approximate surface area is 170 Å². The van der Waals surface area contributed by atoms with Gasteiger partial charge >= 0.3 is 6.03 Å². The molecule has 3 aromatic rings. The Morgan fingerprint density at radius 1 is 0.893 bits per heavy atom. The minimum absolute atomic E-state index is 0.161. The fraction of sp³-hybridized carbons (Fsp3) is 0.182. The number of hydrogen-bond donors (Lipinski definition) is 3. The van der Waals surface area contributed by atoms with E-state index in [1.807, 2.05) is 24.3 Å². The van der Waals surface area contributed by atoms with Gasteiger partial charge in [-0.3, -0.25) is 9.71 Å². The van der Waals surface area contributed by atoms with Crippen LogP contribution in [0.1, 0.15) is 12.0 Å². The van der Waals surface area contributed by atoms with E-state index < -0.39 is 0 Å². The van der Waals surface area contributed by atoms with Gasteiger partial charge in [-0.15, -0.1) is 0 Å². The predicted molar refractivity (Wildman–Crippen MR) is 115 cm³/mol. The van der Waals surface area contributed by atoms with Crippen LogP contribution in [0.25, 0.3) is 11.1 Å². The monoisotopic (exact) mass is 392 g/mol. The summed E-state index contributed by atoms with van der Waals surface area (Å²) in [5.74, 6) is 0. The van der Waals surface area contributed by atoms with Crippen LogP contribution in [0.4, 0.5) is 4.79 Å². The van der Waals surface area contributed by atoms with Gasteiger partial charge in [0.2, 0.25) is 0 Å². The van der Waals surface area contributed by atoms with Crippen molar-refractivity contribution in [1.29, 1.82) is 0 Å². The van der Waals surface area contributed by atoms with Crippen LogP contribution in [0.5, 0.6) is 0 Å². The lowest BCUT2D eigenvalue weighted by Crippen LogP contribution is -2.36. The Morgan fingerprint density at radius 2 is 1.71 bits per heavy atom. The zero-order chi connectivity index (χ0) is 19.4. The molecule has 0 aliphatic rings. The smallest absolute Gasteiger partial charge is 0.315 e. The normalized spacial score (nSPS) is 10.4. The van der Waals surface area contributed by atoms with E-state index in [0.29, 0.717) is 13.1 Å². The number of hydrogen-bond acceptors (Lipinski definition) is 4. The second-order valence-corrected chi connectivity index (χ2v) is 7.12. The zero-order valence-corrected chi connectivity index (χ0v) is 16.4. The van der Waals surface area contributed by atoms with Gasteiger partial charge in [-0.1, -0.05) is 54.6 Å². The minimum Gasteiger partial charge on any atom is -0.338 e. The second-order valence-electron chi connectivity index (χ2n) is 6.18. The highest BCUT2D eigenvalue weighted by atomic mass is 32.2. The molecule has 0 fully saturated rings. The fourth-order valence-electron chi connectivity index (χ4n) is 2.65. The summed E-state index contributed by atoms with van der Waals surface area (Å²) in [6.07, 6.45) is 4.31. The summed E-state index contributed by atoms with van der Waals surface area (Å²) in [6.45, 7) is 1.90. The summed E-state index contributed by atoms with van der Waals surface area (Å²) in [6, 6.07) is 22.3. The average molecular weight is 393 g/mol. The van der Waals surface area contributed by atoms with Crippen molar-refractivity contribution in [2.75, 3.05) is 13.1 Å². The van der Waals surface area contributed by atoms with Gasteiger partial charge in [-0.25, -0.2) is 4.79 Å². The molecule has 0 spiro atoms. The molecule has 0 saturated carbocycles. The molecule has 2 amide bonds. The molecule has 0 radical (unpaired) electrons. The van der Waals surface area contributed by atoms with Gasteiger partial charge in [0.1, 0.15) is 0 Å². The molecule has 0 saturated heterocycles. The highest BCUT2D eigenvalue weighted by Gasteiger charge is 2.05. The van der Waals surface area contributed by atoms with Crippen molar-refractivity contribution in [2.45, 2.75) is 17.9 Å². The number of urea groups is 1. The van der Waals surface area contributed by atoms with Gasteiger partial charge in [-0.05, 0) is 47.2 Å². The largest absolute Gasteiger partial charge is 0.338 e. The average Bonchev–Trinajstić information content (AvgIpc) is 2.76. The van der Waals surface area contributed by atoms with E-state index >= 15 is 0 Å². The van der Waals surface area contributed by atoms with Crippen molar-refractivity contribution in [1.82, 2.24) is 20.3 Å². The van der Waals surface area contributed by atoms with E-state index in [4.69, 9.17) is 0 Å². The van der Waals surface area contributed by atoms with Crippen molar-refractivity contribution in [3.63, 3.8) is 0 Å². The van der Waals surface area contributed by atoms with E-state index in [-0.39, 0.29) is 6.03 Å². The maximum atomic E-state index is 11.8. The molecule has 6 heteroatoms. The van der Waals surface area contributed by atoms with Gasteiger partial charge in [-0.2, -0.15) is 0 Å². The number of nitrogens with zero attached hydrogens (tertiary/aromatic N) is 1. The van der Waals surface area contributed by atoms with Gasteiger partial charge < -0.3 is 10.6 Å². The lowest BCUT2D eigenvalue weighted by molar-refractivity contribution is 0.240. The zero-order valence-electron chi connectivity index (χ0n) is 15.6. The lowest BCUT2D eigenvalue weighted by atomic mass is 10.1. The summed E-state index contributed by atoms with van der Waals surface area (Å²) in [7, 11) is 0. The fourth-order valence-corrected chi connectivity index (χ4v) is 3.49. The molecule has 3 N–H and O–H groups in total. The molecular formula is C22H24N4OS. The third kappa shape index (κ3) is 6.40. The Morgan fingerprint density at radius 3 is 2.54 bits per heavy atom. The van der Waals surface area contributed by atoms with Gasteiger partial charge in [0, 0.05) is 36.9 Å². The van der Waals surface area contributed by atoms with Crippen LogP contribution in [0.15, 0.2) is 84.0 Å². The number of carbonyl (C=O) groups excluding carboxylic acids is 1. The summed E-state index contributed by atoms with van der Waals surface area (Å²) < 4.78 is 3.38. The SMILES string of the molecule is O=C(NCCCNSc1ccccc1-c1ccccc1)NCc1cccnc1. The Hall–Kier alpha value is -2.83. The molecule has 0 bridgehead atoms. The standard InChI is InChI=1S/C22H24N4OS/c27-22(25-17-18-8-6-13-23-16-18)24-14-7-15-26-28-21-12-5-4-11-20(21)19-9-2-1-3-10-19/h1-6,8-13,16,26H,7,14-15,17H2,(H2,24,25,27). The molecule has 0 aliphatic heterocycles. The molecule has 0 atom stereocenters. The highest BCUT2D eigenvalue weighted by molar-refractivity contribution is 7.97. The molecule has 1 heterocycles. The van der Waals surface area contributed by atoms with Gasteiger partial charge in [0.15, 0.2) is 0 Å². The highest BCUT2D eigenvalue weighted by Crippen LogP contribution is 2.29. The van der Waals surface area contributed by atoms with Gasteiger partial charge in [0.05, 0.1) is 0 Å². The van der Waals surface area contributed by atoms with E-state index in [1.165, 1.54) is 16.0 Å². The summed E-state index contributed by atoms with van der Waals surface area (Å²) in [5, 5.41) is 5.69. The first-order valence-corrected chi connectivity index (χ1v) is 10.1. The van der Waals surface area contributed by atoms with Crippen LogP contribution in [0.2, 0.25) is 0 Å². The van der Waals surface area contributed by atoms with Crippen LogP contribution in [-0.4, -0.2) is 24.1 Å². The molecule has 144 valence electrons. The number of aromatic nitrogens is 1. The van der Waals surface area contributed by atoms with Crippen molar-refractivity contribution in [3.8, 4) is 11.1 Å². The number of benzene rings is 2. The summed E-state index contributed by atoms with van der Waals surface area (Å²) in [5.41, 5.74) is 3.40. The van der Waals surface area contributed by atoms with Crippen molar-refractivity contribution in [3.05, 3.63) is 84.7 Å². The predicted octanol–water partition coefficient (Wildman–Crippen LogP) is 4.23. The Kier molecular flexibility index (Phi) is 7.91. The third-order valence-corrected chi connectivity index (χ3v) is 5.00. The van der Waals surface area contributed by atoms with Crippen molar-refractivity contribution >= 4 is 18.0 Å². The molecule has 1 aromatic heterocycles. The minimum atomic E-state index is -0.161. The maximum absolute atomic E-state index is 11.8. The van der Waals surface area contributed by atoms with Gasteiger partial charge in [0.25, 0.3) is 0 Å². The van der Waals surface area contributed by atoms with Crippen LogP contribution < -0.4 is 15.4 Å². The molecule has 28 heavy (non-hydrogen) atoms. The third-order valence-electron chi connectivity index (χ3n) is 4.07. The van der Waals surface area contributed by atoms with Crippen molar-refractivity contribution in [2.24, 2.45) is 0 Å². The summed E-state index contributed by atoms with van der Waals surface area (Å²) in [4.78, 5) is 17.0. The molecule has 3 rings (SSSR count). The number of nitrogens with one attached hydrogen (secondary N) is 3. The van der Waals surface area contributed by atoms with Crippen LogP contribution >= 0.6 is 11.9 Å². The second kappa shape index (κ2) is 11.1. The molecular weight excluding hydrogens is 368 g/mol. The molecule has 5 nitrogen and oxygen atoms in total. The molecule has 2 aromatic carbocycles. The van der Waals surface area contributed by atoms with Crippen molar-refractivity contribution < 1.29 is 4.79 Å². The molecule has 0 unspecified atom stereocenters. The number of carbonyl (C=O) groups is 1. The first-order chi connectivity index (χ1) is 13.8. The first-order valence-electron chi connectivity index (χ1n) is 9.28. The van der Waals surface area contributed by atoms with Crippen LogP contribution in [0, 0.1) is 0 Å². The number of pyridine rings is 1. The topological polar surface area (TPSA) is 66.1 Å². The van der Waals surface area contributed by atoms with E-state index in [0.717, 1.165) is 18.5 Å². The first kappa shape index (κ1) is 19.9. The summed E-state index contributed by atoms with van der Waals surface area (Å²) >= 11 is 1.62. The molecule has 0 aliphatic carbocycles. The maximum Gasteiger partial charge on any atom is 0.315 e. The number of rotatable bonds is 9. The van der Waals surface area contributed by atoms with Crippen LogP contribution in [-0.2, 0) is 6.54 Å².